The van der Waals surface area contributed by atoms with Gasteiger partial charge in [-0.15, -0.1) is 0 Å². The Bertz CT molecular complexity index is 450. The van der Waals surface area contributed by atoms with Crippen LogP contribution in [0.5, 0.6) is 0 Å². The Morgan fingerprint density at radius 3 is 1.89 bits per heavy atom. The van der Waals surface area contributed by atoms with Gasteiger partial charge < -0.3 is 0 Å². The summed E-state index contributed by atoms with van der Waals surface area (Å²) in [7, 11) is -7.90. The molecule has 0 aromatic heterocycles. The van der Waals surface area contributed by atoms with E-state index in [4.69, 9.17) is 8.74 Å². The van der Waals surface area contributed by atoms with Crippen LogP contribution in [0.1, 0.15) is 40.5 Å². The highest BCUT2D eigenvalue weighted by atomic mass is 32.2. The molecule has 0 aromatic rings. The van der Waals surface area contributed by atoms with E-state index in [-0.39, 0.29) is 12.3 Å². The zero-order chi connectivity index (χ0) is 15.3. The van der Waals surface area contributed by atoms with Crippen LogP contribution in [0.25, 0.3) is 0 Å². The summed E-state index contributed by atoms with van der Waals surface area (Å²) in [5.41, 5.74) is 0. The molecule has 0 aliphatic carbocycles. The van der Waals surface area contributed by atoms with Crippen molar-refractivity contribution in [3.8, 4) is 0 Å². The molecule has 6 nitrogen and oxygen atoms in total. The first-order chi connectivity index (χ1) is 8.43. The molecule has 19 heavy (non-hydrogen) atoms. The molecule has 0 bridgehead atoms. The molecule has 1 unspecified atom stereocenters. The number of rotatable bonds is 9. The lowest BCUT2D eigenvalue weighted by Gasteiger charge is -2.22. The van der Waals surface area contributed by atoms with Crippen molar-refractivity contribution in [3.05, 3.63) is 0 Å². The molecule has 0 rings (SSSR count). The van der Waals surface area contributed by atoms with Crippen molar-refractivity contribution < 1.29 is 25.6 Å². The second-order valence-electron chi connectivity index (χ2n) is 5.41. The summed E-state index contributed by atoms with van der Waals surface area (Å²) in [6.45, 7) is 7.70. The monoisotopic (exact) mass is 316 g/mol. The minimum atomic E-state index is -4.13. The molecule has 1 atom stereocenters. The standard InChI is InChI=1S/C11H24O6S2/c1-9(2)8-11(10(3)4)17-19(15,16)7-5-6-18(12,13)14/h9-11H,5-8H2,1-4H3,(H,12,13,14). The first kappa shape index (κ1) is 18.8. The van der Waals surface area contributed by atoms with Crippen molar-refractivity contribution in [2.75, 3.05) is 11.5 Å². The van der Waals surface area contributed by atoms with Gasteiger partial charge in [-0.2, -0.15) is 16.8 Å². The minimum Gasteiger partial charge on any atom is -0.286 e. The summed E-state index contributed by atoms with van der Waals surface area (Å²) in [5, 5.41) is 0. The normalized spacial score (nSPS) is 15.1. The summed E-state index contributed by atoms with van der Waals surface area (Å²) < 4.78 is 58.1. The van der Waals surface area contributed by atoms with E-state index < -0.39 is 37.8 Å². The molecule has 0 saturated carbocycles. The lowest BCUT2D eigenvalue weighted by molar-refractivity contribution is 0.135. The van der Waals surface area contributed by atoms with Gasteiger partial charge in [-0.25, -0.2) is 0 Å². The summed E-state index contributed by atoms with van der Waals surface area (Å²) in [4.78, 5) is 0. The average Bonchev–Trinajstić information content (AvgIpc) is 2.12. The fourth-order valence-electron chi connectivity index (χ4n) is 1.54. The molecular weight excluding hydrogens is 292 g/mol. The topological polar surface area (TPSA) is 97.7 Å². The van der Waals surface area contributed by atoms with Crippen LogP contribution in [0, 0.1) is 11.8 Å². The van der Waals surface area contributed by atoms with Crippen LogP contribution in [0.3, 0.4) is 0 Å². The fourth-order valence-corrected chi connectivity index (χ4v) is 3.51. The van der Waals surface area contributed by atoms with Gasteiger partial charge in [0.15, 0.2) is 0 Å². The molecule has 0 aliphatic rings. The molecular formula is C11H24O6S2. The van der Waals surface area contributed by atoms with Gasteiger partial charge in [-0.1, -0.05) is 27.7 Å². The van der Waals surface area contributed by atoms with E-state index in [1.165, 1.54) is 0 Å². The van der Waals surface area contributed by atoms with Crippen molar-refractivity contribution in [2.24, 2.45) is 11.8 Å². The Morgan fingerprint density at radius 1 is 1.00 bits per heavy atom. The zero-order valence-electron chi connectivity index (χ0n) is 11.9. The molecule has 0 amide bonds. The first-order valence-electron chi connectivity index (χ1n) is 6.29. The van der Waals surface area contributed by atoms with Gasteiger partial charge in [0.25, 0.3) is 20.2 Å². The summed E-state index contributed by atoms with van der Waals surface area (Å²) in [6.07, 6.45) is 0.0405. The Balaban J connectivity index is 4.47. The van der Waals surface area contributed by atoms with E-state index in [2.05, 4.69) is 0 Å². The van der Waals surface area contributed by atoms with E-state index in [9.17, 15) is 16.8 Å². The Morgan fingerprint density at radius 2 is 1.53 bits per heavy atom. The van der Waals surface area contributed by atoms with E-state index in [1.807, 2.05) is 27.7 Å². The number of hydrogen-bond acceptors (Lipinski definition) is 5. The van der Waals surface area contributed by atoms with E-state index in [1.54, 1.807) is 0 Å². The molecule has 0 saturated heterocycles. The van der Waals surface area contributed by atoms with Gasteiger partial charge in [-0.05, 0) is 24.7 Å². The van der Waals surface area contributed by atoms with Gasteiger partial charge in [-0.3, -0.25) is 8.74 Å². The number of hydrogen-bond donors (Lipinski definition) is 1. The molecule has 0 fully saturated rings. The maximum absolute atomic E-state index is 11.7. The smallest absolute Gasteiger partial charge is 0.267 e. The van der Waals surface area contributed by atoms with Crippen LogP contribution in [0.15, 0.2) is 0 Å². The van der Waals surface area contributed by atoms with E-state index in [0.717, 1.165) is 0 Å². The lowest BCUT2D eigenvalue weighted by Crippen LogP contribution is -2.27. The summed E-state index contributed by atoms with van der Waals surface area (Å²) in [6, 6.07) is 0. The quantitative estimate of drug-likeness (QED) is 0.513. The predicted octanol–water partition coefficient (Wildman–Crippen LogP) is 1.68. The van der Waals surface area contributed by atoms with Crippen molar-refractivity contribution in [1.82, 2.24) is 0 Å². The predicted molar refractivity (Wildman–Crippen MR) is 74.0 cm³/mol. The average molecular weight is 316 g/mol. The van der Waals surface area contributed by atoms with Crippen molar-refractivity contribution in [3.63, 3.8) is 0 Å². The van der Waals surface area contributed by atoms with E-state index >= 15 is 0 Å². The maximum atomic E-state index is 11.7. The van der Waals surface area contributed by atoms with Gasteiger partial charge in [0.2, 0.25) is 0 Å². The highest BCUT2D eigenvalue weighted by molar-refractivity contribution is 7.87. The van der Waals surface area contributed by atoms with Crippen LogP contribution in [0.4, 0.5) is 0 Å². The third-order valence-corrected chi connectivity index (χ3v) is 4.65. The second-order valence-corrected chi connectivity index (χ2v) is 8.70. The Labute approximate surface area is 116 Å². The van der Waals surface area contributed by atoms with Gasteiger partial charge >= 0.3 is 0 Å². The second kappa shape index (κ2) is 7.56. The molecule has 116 valence electrons. The molecule has 0 aliphatic heterocycles. The summed E-state index contributed by atoms with van der Waals surface area (Å²) >= 11 is 0. The zero-order valence-corrected chi connectivity index (χ0v) is 13.5. The maximum Gasteiger partial charge on any atom is 0.267 e. The van der Waals surface area contributed by atoms with E-state index in [0.29, 0.717) is 12.3 Å². The minimum absolute atomic E-state index is 0.0544. The molecule has 0 heterocycles. The van der Waals surface area contributed by atoms with Crippen LogP contribution >= 0.6 is 0 Å². The SMILES string of the molecule is CC(C)CC(OS(=O)(=O)CCCS(=O)(=O)O)C(C)C. The molecule has 1 N–H and O–H groups in total. The molecule has 8 heteroatoms. The van der Waals surface area contributed by atoms with Crippen LogP contribution < -0.4 is 0 Å². The van der Waals surface area contributed by atoms with Gasteiger partial charge in [0, 0.05) is 0 Å². The van der Waals surface area contributed by atoms with Crippen LogP contribution in [-0.4, -0.2) is 39.0 Å². The summed E-state index contributed by atoms with van der Waals surface area (Å²) in [5.74, 6) is -0.626. The van der Waals surface area contributed by atoms with Gasteiger partial charge in [0.05, 0.1) is 17.6 Å². The molecule has 0 radical (unpaired) electrons. The fraction of sp³-hybridized carbons (Fsp3) is 1.00. The Kier molecular flexibility index (Phi) is 7.49. The first-order valence-corrected chi connectivity index (χ1v) is 9.47. The van der Waals surface area contributed by atoms with Crippen LogP contribution in [-0.2, 0) is 24.4 Å². The van der Waals surface area contributed by atoms with Crippen molar-refractivity contribution in [2.45, 2.75) is 46.6 Å². The largest absolute Gasteiger partial charge is 0.286 e. The van der Waals surface area contributed by atoms with Crippen LogP contribution in [0.2, 0.25) is 0 Å². The third-order valence-electron chi connectivity index (χ3n) is 2.51. The van der Waals surface area contributed by atoms with Gasteiger partial charge in [0.1, 0.15) is 0 Å². The lowest BCUT2D eigenvalue weighted by atomic mass is 9.98. The highest BCUT2D eigenvalue weighted by Crippen LogP contribution is 2.19. The molecule has 0 aromatic carbocycles. The third kappa shape index (κ3) is 10.3. The Hall–Kier alpha value is -0.180. The molecule has 0 spiro atoms. The van der Waals surface area contributed by atoms with Crippen molar-refractivity contribution in [1.29, 1.82) is 0 Å². The highest BCUT2D eigenvalue weighted by Gasteiger charge is 2.23. The van der Waals surface area contributed by atoms with Crippen molar-refractivity contribution >= 4 is 20.2 Å².